The number of carbonyl (C=O) groups is 3. The van der Waals surface area contributed by atoms with E-state index in [2.05, 4.69) is 12.2 Å². The number of nitrogens with zero attached hydrogens (tertiary/aromatic N) is 1. The quantitative estimate of drug-likeness (QED) is 0.652. The van der Waals surface area contributed by atoms with Crippen LogP contribution in [0.2, 0.25) is 0 Å². The smallest absolute Gasteiger partial charge is 0.326 e. The summed E-state index contributed by atoms with van der Waals surface area (Å²) in [4.78, 5) is 35.9. The first kappa shape index (κ1) is 17.3. The van der Waals surface area contributed by atoms with Gasteiger partial charge in [0.05, 0.1) is 0 Å². The van der Waals surface area contributed by atoms with E-state index in [9.17, 15) is 14.4 Å². The van der Waals surface area contributed by atoms with Crippen LogP contribution in [0, 0.1) is 0 Å². The van der Waals surface area contributed by atoms with Crippen molar-refractivity contribution >= 4 is 17.9 Å². The van der Waals surface area contributed by atoms with E-state index < -0.39 is 17.9 Å². The van der Waals surface area contributed by atoms with E-state index in [4.69, 9.17) is 10.8 Å². The van der Waals surface area contributed by atoms with Crippen LogP contribution in [0.15, 0.2) is 0 Å². The topological polar surface area (TPSA) is 113 Å². The van der Waals surface area contributed by atoms with E-state index in [1.54, 1.807) is 4.90 Å². The largest absolute Gasteiger partial charge is 0.480 e. The second kappa shape index (κ2) is 8.49. The molecule has 1 aliphatic rings. The molecule has 1 heterocycles. The summed E-state index contributed by atoms with van der Waals surface area (Å²) in [5, 5.41) is 11.6. The molecule has 21 heavy (non-hydrogen) atoms. The number of carbonyl (C=O) groups excluding carboxylic acids is 2. The van der Waals surface area contributed by atoms with Crippen molar-refractivity contribution in [3.63, 3.8) is 0 Å². The van der Waals surface area contributed by atoms with Gasteiger partial charge < -0.3 is 21.1 Å². The van der Waals surface area contributed by atoms with Gasteiger partial charge in [0.25, 0.3) is 0 Å². The van der Waals surface area contributed by atoms with Gasteiger partial charge in [0.1, 0.15) is 6.04 Å². The maximum Gasteiger partial charge on any atom is 0.326 e. The Kier molecular flexibility index (Phi) is 6.98. The van der Waals surface area contributed by atoms with Gasteiger partial charge in [0, 0.05) is 19.0 Å². The van der Waals surface area contributed by atoms with Gasteiger partial charge >= 0.3 is 12.0 Å². The molecule has 0 spiro atoms. The third kappa shape index (κ3) is 5.61. The van der Waals surface area contributed by atoms with Crippen LogP contribution in [-0.4, -0.2) is 46.5 Å². The molecule has 0 aromatic rings. The van der Waals surface area contributed by atoms with Crippen molar-refractivity contribution in [1.82, 2.24) is 10.2 Å². The van der Waals surface area contributed by atoms with Crippen molar-refractivity contribution in [2.45, 2.75) is 64.0 Å². The number of likely N-dealkylation sites (tertiary alicyclic amines) is 1. The summed E-state index contributed by atoms with van der Waals surface area (Å²) in [5.74, 6) is -1.72. The van der Waals surface area contributed by atoms with Gasteiger partial charge in [0.2, 0.25) is 5.91 Å². The molecule has 2 atom stereocenters. The molecule has 2 unspecified atom stereocenters. The number of carboxylic acids is 1. The van der Waals surface area contributed by atoms with Crippen molar-refractivity contribution in [1.29, 1.82) is 0 Å². The molecule has 7 heteroatoms. The molecule has 1 rings (SSSR count). The third-order valence-corrected chi connectivity index (χ3v) is 3.79. The molecule has 0 aromatic carbocycles. The van der Waals surface area contributed by atoms with E-state index in [0.29, 0.717) is 6.54 Å². The van der Waals surface area contributed by atoms with Gasteiger partial charge in [0.15, 0.2) is 0 Å². The number of amides is 3. The van der Waals surface area contributed by atoms with Gasteiger partial charge in [-0.2, -0.15) is 0 Å². The number of hydrogen-bond donors (Lipinski definition) is 3. The molecule has 1 fully saturated rings. The number of piperidine rings is 1. The third-order valence-electron chi connectivity index (χ3n) is 3.79. The minimum absolute atomic E-state index is 0.0166. The maximum atomic E-state index is 12.3. The number of hydrogen-bond acceptors (Lipinski definition) is 3. The summed E-state index contributed by atoms with van der Waals surface area (Å²) in [5.41, 5.74) is 5.02. The highest BCUT2D eigenvalue weighted by molar-refractivity contribution is 5.83. The van der Waals surface area contributed by atoms with Crippen LogP contribution in [0.25, 0.3) is 0 Å². The Labute approximate surface area is 124 Å². The van der Waals surface area contributed by atoms with Gasteiger partial charge in [-0.3, -0.25) is 4.79 Å². The van der Waals surface area contributed by atoms with Gasteiger partial charge in [-0.05, 0) is 32.1 Å². The highest BCUT2D eigenvalue weighted by atomic mass is 16.4. The molecule has 0 radical (unpaired) electrons. The Balaban J connectivity index is 2.61. The summed E-state index contributed by atoms with van der Waals surface area (Å²) in [7, 11) is 0. The van der Waals surface area contributed by atoms with Gasteiger partial charge in [-0.25, -0.2) is 9.59 Å². The molecular formula is C14H25N3O4. The van der Waals surface area contributed by atoms with Crippen LogP contribution in [0.1, 0.15) is 51.9 Å². The number of carboxylic acid groups (broad SMARTS) is 1. The first-order valence-electron chi connectivity index (χ1n) is 7.54. The van der Waals surface area contributed by atoms with E-state index in [-0.39, 0.29) is 24.9 Å². The predicted molar refractivity (Wildman–Crippen MR) is 77.6 cm³/mol. The minimum Gasteiger partial charge on any atom is -0.480 e. The Morgan fingerprint density at radius 1 is 1.38 bits per heavy atom. The fraction of sp³-hybridized carbons (Fsp3) is 0.786. The van der Waals surface area contributed by atoms with E-state index in [0.717, 1.165) is 32.1 Å². The van der Waals surface area contributed by atoms with Crippen LogP contribution in [0.4, 0.5) is 4.79 Å². The van der Waals surface area contributed by atoms with Crippen molar-refractivity contribution in [3.8, 4) is 0 Å². The fourth-order valence-corrected chi connectivity index (χ4v) is 2.68. The molecular weight excluding hydrogens is 274 g/mol. The zero-order chi connectivity index (χ0) is 15.8. The number of primary amides is 1. The lowest BCUT2D eigenvalue weighted by molar-refractivity contribution is -0.139. The second-order valence-corrected chi connectivity index (χ2v) is 5.48. The normalized spacial score (nSPS) is 19.9. The summed E-state index contributed by atoms with van der Waals surface area (Å²) >= 11 is 0. The van der Waals surface area contributed by atoms with Crippen molar-refractivity contribution in [2.24, 2.45) is 5.73 Å². The Hall–Kier alpha value is -1.79. The molecule has 1 saturated heterocycles. The molecule has 4 N–H and O–H groups in total. The number of aliphatic carboxylic acids is 1. The average molecular weight is 299 g/mol. The van der Waals surface area contributed by atoms with Crippen LogP contribution >= 0.6 is 0 Å². The van der Waals surface area contributed by atoms with E-state index in [1.165, 1.54) is 0 Å². The lowest BCUT2D eigenvalue weighted by Gasteiger charge is -2.36. The minimum atomic E-state index is -1.14. The zero-order valence-corrected chi connectivity index (χ0v) is 12.5. The summed E-state index contributed by atoms with van der Waals surface area (Å²) < 4.78 is 0. The molecule has 0 bridgehead atoms. The first-order chi connectivity index (χ1) is 9.95. The highest BCUT2D eigenvalue weighted by Gasteiger charge is 2.29. The van der Waals surface area contributed by atoms with Gasteiger partial charge in [-0.15, -0.1) is 0 Å². The highest BCUT2D eigenvalue weighted by Crippen LogP contribution is 2.21. The van der Waals surface area contributed by atoms with Crippen LogP contribution < -0.4 is 11.1 Å². The van der Waals surface area contributed by atoms with E-state index in [1.807, 2.05) is 0 Å². The first-order valence-corrected chi connectivity index (χ1v) is 7.54. The van der Waals surface area contributed by atoms with Gasteiger partial charge in [-0.1, -0.05) is 13.3 Å². The molecule has 7 nitrogen and oxygen atoms in total. The Morgan fingerprint density at radius 2 is 2.10 bits per heavy atom. The molecule has 0 saturated carbocycles. The summed E-state index contributed by atoms with van der Waals surface area (Å²) in [6, 6.07) is -1.26. The number of nitrogens with one attached hydrogen (secondary N) is 1. The predicted octanol–water partition coefficient (Wildman–Crippen LogP) is 1.07. The maximum absolute atomic E-state index is 12.3. The Bertz CT molecular complexity index is 384. The number of urea groups is 1. The molecule has 0 aromatic heterocycles. The molecule has 120 valence electrons. The molecule has 1 aliphatic heterocycles. The SMILES string of the molecule is CCCC1CCCCN1C(=O)NC(CCC(N)=O)C(=O)O. The fourth-order valence-electron chi connectivity index (χ4n) is 2.68. The molecule has 0 aliphatic carbocycles. The molecule has 3 amide bonds. The number of rotatable bonds is 7. The second-order valence-electron chi connectivity index (χ2n) is 5.48. The summed E-state index contributed by atoms with van der Waals surface area (Å²) in [6.45, 7) is 2.72. The standard InChI is InChI=1S/C14H25N3O4/c1-2-5-10-6-3-4-9-17(10)14(21)16-11(13(19)20)7-8-12(15)18/h10-11H,2-9H2,1H3,(H2,15,18)(H,16,21)(H,19,20). The number of nitrogens with two attached hydrogens (primary N) is 1. The summed E-state index contributed by atoms with van der Waals surface area (Å²) in [6.07, 6.45) is 4.86. The average Bonchev–Trinajstić information content (AvgIpc) is 2.43. The Morgan fingerprint density at radius 3 is 2.67 bits per heavy atom. The monoisotopic (exact) mass is 299 g/mol. The van der Waals surface area contributed by atoms with Crippen LogP contribution in [0.5, 0.6) is 0 Å². The van der Waals surface area contributed by atoms with Crippen molar-refractivity contribution < 1.29 is 19.5 Å². The lowest BCUT2D eigenvalue weighted by Crippen LogP contribution is -2.53. The van der Waals surface area contributed by atoms with Crippen molar-refractivity contribution in [3.05, 3.63) is 0 Å². The zero-order valence-electron chi connectivity index (χ0n) is 12.5. The van der Waals surface area contributed by atoms with Crippen LogP contribution in [0.3, 0.4) is 0 Å². The van der Waals surface area contributed by atoms with Crippen molar-refractivity contribution in [2.75, 3.05) is 6.54 Å². The van der Waals surface area contributed by atoms with E-state index >= 15 is 0 Å². The van der Waals surface area contributed by atoms with Crippen LogP contribution in [-0.2, 0) is 9.59 Å². The lowest BCUT2D eigenvalue weighted by atomic mass is 9.98.